The lowest BCUT2D eigenvalue weighted by Crippen LogP contribution is -2.41. The van der Waals surface area contributed by atoms with E-state index in [1.165, 1.54) is 0 Å². The first-order chi connectivity index (χ1) is 14.7. The van der Waals surface area contributed by atoms with E-state index in [4.69, 9.17) is 4.98 Å². The first-order valence-electron chi connectivity index (χ1n) is 10.4. The second-order valence-corrected chi connectivity index (χ2v) is 7.79. The minimum atomic E-state index is 0.606. The summed E-state index contributed by atoms with van der Waals surface area (Å²) in [6.07, 6.45) is 6.13. The molecule has 2 N–H and O–H groups in total. The predicted molar refractivity (Wildman–Crippen MR) is 119 cm³/mol. The van der Waals surface area contributed by atoms with Crippen LogP contribution in [-0.2, 0) is 0 Å². The van der Waals surface area contributed by atoms with E-state index in [-0.39, 0.29) is 0 Å². The molecule has 5 heterocycles. The number of rotatable bonds is 4. The SMILES string of the molecule is CNC1CCN(c2cnc3ccc(-c4c[nH]nc4-c4cccc(C)n4)nc3c2)CC1. The number of aryl methyl sites for hydroxylation is 1. The Hall–Kier alpha value is -3.32. The highest BCUT2D eigenvalue weighted by Gasteiger charge is 2.19. The maximum absolute atomic E-state index is 4.92. The van der Waals surface area contributed by atoms with Crippen LogP contribution in [0.5, 0.6) is 0 Å². The van der Waals surface area contributed by atoms with Gasteiger partial charge in [0.1, 0.15) is 5.69 Å². The highest BCUT2D eigenvalue weighted by Crippen LogP contribution is 2.30. The van der Waals surface area contributed by atoms with E-state index in [1.54, 1.807) is 0 Å². The molecule has 7 nitrogen and oxygen atoms in total. The highest BCUT2D eigenvalue weighted by atomic mass is 15.2. The van der Waals surface area contributed by atoms with Crippen LogP contribution in [-0.4, -0.2) is 51.3 Å². The quantitative estimate of drug-likeness (QED) is 0.546. The van der Waals surface area contributed by atoms with Gasteiger partial charge < -0.3 is 10.2 Å². The molecular weight excluding hydrogens is 374 g/mol. The first-order valence-corrected chi connectivity index (χ1v) is 10.4. The number of aromatic nitrogens is 5. The van der Waals surface area contributed by atoms with Crippen LogP contribution in [0.4, 0.5) is 5.69 Å². The molecule has 0 aromatic carbocycles. The number of pyridine rings is 3. The van der Waals surface area contributed by atoms with Gasteiger partial charge >= 0.3 is 0 Å². The third kappa shape index (κ3) is 3.52. The number of H-pyrrole nitrogens is 1. The summed E-state index contributed by atoms with van der Waals surface area (Å²) in [7, 11) is 2.04. The van der Waals surface area contributed by atoms with E-state index in [0.29, 0.717) is 6.04 Å². The highest BCUT2D eigenvalue weighted by molar-refractivity contribution is 5.84. The molecule has 0 radical (unpaired) electrons. The van der Waals surface area contributed by atoms with Crippen molar-refractivity contribution in [2.45, 2.75) is 25.8 Å². The summed E-state index contributed by atoms with van der Waals surface area (Å²) in [6, 6.07) is 12.7. The molecule has 1 saturated heterocycles. The van der Waals surface area contributed by atoms with Gasteiger partial charge in [0.25, 0.3) is 0 Å². The van der Waals surface area contributed by atoms with Crippen molar-refractivity contribution in [2.75, 3.05) is 25.0 Å². The smallest absolute Gasteiger partial charge is 0.120 e. The lowest BCUT2D eigenvalue weighted by Gasteiger charge is -2.33. The van der Waals surface area contributed by atoms with Gasteiger partial charge in [-0.05, 0) is 57.1 Å². The summed E-state index contributed by atoms with van der Waals surface area (Å²) < 4.78 is 0. The standard InChI is InChI=1S/C23H25N7/c1-15-4-3-5-21(27-15)23-18(14-26-29-23)19-6-7-20-22(28-19)12-17(13-25-20)30-10-8-16(24-2)9-11-30/h3-7,12-14,16,24H,8-11H2,1-2H3,(H,26,29). The van der Waals surface area contributed by atoms with E-state index in [9.17, 15) is 0 Å². The molecule has 4 aromatic rings. The van der Waals surface area contributed by atoms with Gasteiger partial charge in [-0.2, -0.15) is 5.10 Å². The fourth-order valence-electron chi connectivity index (χ4n) is 4.10. The van der Waals surface area contributed by atoms with E-state index in [1.807, 2.05) is 56.7 Å². The zero-order chi connectivity index (χ0) is 20.5. The third-order valence-corrected chi connectivity index (χ3v) is 5.84. The number of fused-ring (bicyclic) bond motifs is 1. The van der Waals surface area contributed by atoms with E-state index in [2.05, 4.69) is 36.4 Å². The summed E-state index contributed by atoms with van der Waals surface area (Å²) in [5, 5.41) is 10.8. The van der Waals surface area contributed by atoms with Gasteiger partial charge in [-0.3, -0.25) is 15.1 Å². The summed E-state index contributed by atoms with van der Waals surface area (Å²) in [5.41, 5.74) is 7.34. The molecule has 30 heavy (non-hydrogen) atoms. The molecule has 0 unspecified atom stereocenters. The van der Waals surface area contributed by atoms with Gasteiger partial charge in [-0.1, -0.05) is 6.07 Å². The topological polar surface area (TPSA) is 82.6 Å². The Morgan fingerprint density at radius 3 is 2.70 bits per heavy atom. The molecule has 0 atom stereocenters. The van der Waals surface area contributed by atoms with Crippen LogP contribution < -0.4 is 10.2 Å². The number of hydrogen-bond donors (Lipinski definition) is 2. The Kier molecular flexibility index (Phi) is 4.88. The number of piperidine rings is 1. The molecule has 0 saturated carbocycles. The summed E-state index contributed by atoms with van der Waals surface area (Å²) in [4.78, 5) is 16.6. The van der Waals surface area contributed by atoms with Crippen molar-refractivity contribution >= 4 is 16.7 Å². The van der Waals surface area contributed by atoms with Crippen molar-refractivity contribution in [3.63, 3.8) is 0 Å². The van der Waals surface area contributed by atoms with Crippen LogP contribution in [0.15, 0.2) is 48.8 Å². The Balaban J connectivity index is 1.49. The first kappa shape index (κ1) is 18.7. The Labute approximate surface area is 175 Å². The minimum absolute atomic E-state index is 0.606. The Morgan fingerprint density at radius 1 is 1.03 bits per heavy atom. The molecule has 7 heteroatoms. The normalized spacial score (nSPS) is 15.1. The van der Waals surface area contributed by atoms with Gasteiger partial charge in [0.2, 0.25) is 0 Å². The van der Waals surface area contributed by atoms with Crippen LogP contribution in [0.2, 0.25) is 0 Å². The molecular formula is C23H25N7. The second kappa shape index (κ2) is 7.84. The average Bonchev–Trinajstić information content (AvgIpc) is 3.28. The van der Waals surface area contributed by atoms with Gasteiger partial charge in [0, 0.05) is 36.6 Å². The molecule has 1 aliphatic heterocycles. The monoisotopic (exact) mass is 399 g/mol. The molecule has 5 rings (SSSR count). The van der Waals surface area contributed by atoms with Crippen molar-refractivity contribution in [1.29, 1.82) is 0 Å². The molecule has 0 spiro atoms. The molecule has 4 aromatic heterocycles. The molecule has 0 bridgehead atoms. The molecule has 0 amide bonds. The minimum Gasteiger partial charge on any atom is -0.370 e. The van der Waals surface area contributed by atoms with Crippen molar-refractivity contribution < 1.29 is 0 Å². The zero-order valence-corrected chi connectivity index (χ0v) is 17.3. The predicted octanol–water partition coefficient (Wildman–Crippen LogP) is 3.58. The fraction of sp³-hybridized carbons (Fsp3) is 0.304. The molecule has 0 aliphatic carbocycles. The van der Waals surface area contributed by atoms with Crippen molar-refractivity contribution in [3.8, 4) is 22.6 Å². The summed E-state index contributed by atoms with van der Waals surface area (Å²) in [5.74, 6) is 0. The maximum atomic E-state index is 4.92. The molecule has 1 aliphatic rings. The number of anilines is 1. The maximum Gasteiger partial charge on any atom is 0.120 e. The van der Waals surface area contributed by atoms with E-state index >= 15 is 0 Å². The number of nitrogens with zero attached hydrogens (tertiary/aromatic N) is 5. The molecule has 1 fully saturated rings. The van der Waals surface area contributed by atoms with Crippen molar-refractivity contribution in [3.05, 3.63) is 54.5 Å². The van der Waals surface area contributed by atoms with Crippen LogP contribution in [0, 0.1) is 6.92 Å². The summed E-state index contributed by atoms with van der Waals surface area (Å²) >= 11 is 0. The van der Waals surface area contributed by atoms with Gasteiger partial charge in [0.05, 0.1) is 34.3 Å². The largest absolute Gasteiger partial charge is 0.370 e. The van der Waals surface area contributed by atoms with Gasteiger partial charge in [-0.25, -0.2) is 4.98 Å². The van der Waals surface area contributed by atoms with Crippen LogP contribution >= 0.6 is 0 Å². The lowest BCUT2D eigenvalue weighted by molar-refractivity contribution is 0.442. The van der Waals surface area contributed by atoms with Crippen LogP contribution in [0.25, 0.3) is 33.7 Å². The van der Waals surface area contributed by atoms with E-state index < -0.39 is 0 Å². The second-order valence-electron chi connectivity index (χ2n) is 7.79. The lowest BCUT2D eigenvalue weighted by atomic mass is 10.0. The average molecular weight is 400 g/mol. The number of hydrogen-bond acceptors (Lipinski definition) is 6. The van der Waals surface area contributed by atoms with Crippen LogP contribution in [0.1, 0.15) is 18.5 Å². The Morgan fingerprint density at radius 2 is 1.90 bits per heavy atom. The zero-order valence-electron chi connectivity index (χ0n) is 17.3. The van der Waals surface area contributed by atoms with Gasteiger partial charge in [-0.15, -0.1) is 0 Å². The number of nitrogens with one attached hydrogen (secondary N) is 2. The number of aromatic amines is 1. The van der Waals surface area contributed by atoms with Crippen molar-refractivity contribution in [2.24, 2.45) is 0 Å². The third-order valence-electron chi connectivity index (χ3n) is 5.84. The summed E-state index contributed by atoms with van der Waals surface area (Å²) in [6.45, 7) is 4.04. The molecule has 152 valence electrons. The van der Waals surface area contributed by atoms with Crippen molar-refractivity contribution in [1.82, 2.24) is 30.5 Å². The van der Waals surface area contributed by atoms with E-state index in [0.717, 1.165) is 71.0 Å². The fourth-order valence-corrected chi connectivity index (χ4v) is 4.10. The van der Waals surface area contributed by atoms with Gasteiger partial charge in [0.15, 0.2) is 0 Å². The Bertz CT molecular complexity index is 1180. The van der Waals surface area contributed by atoms with Crippen LogP contribution in [0.3, 0.4) is 0 Å².